The molecular formula is C28H33NO. The number of benzene rings is 3. The number of para-hydroxylation sites is 2. The van der Waals surface area contributed by atoms with Crippen molar-refractivity contribution in [2.75, 3.05) is 11.9 Å². The predicted octanol–water partition coefficient (Wildman–Crippen LogP) is 7.25. The smallest absolute Gasteiger partial charge is 0.123 e. The molecule has 3 aromatic rings. The largest absolute Gasteiger partial charge is 0.507 e. The van der Waals surface area contributed by atoms with Crippen LogP contribution in [-0.4, -0.2) is 12.2 Å². The molecule has 3 aromatic carbocycles. The fraction of sp³-hybridized carbons (Fsp3) is 0.357. The van der Waals surface area contributed by atoms with E-state index in [0.717, 1.165) is 11.1 Å². The van der Waals surface area contributed by atoms with Gasteiger partial charge in [0, 0.05) is 24.3 Å². The monoisotopic (exact) mass is 399 g/mol. The van der Waals surface area contributed by atoms with Gasteiger partial charge in [-0.15, -0.1) is 0 Å². The topological polar surface area (TPSA) is 23.5 Å². The van der Waals surface area contributed by atoms with Crippen LogP contribution in [0.4, 0.5) is 11.4 Å². The third-order valence-corrected chi connectivity index (χ3v) is 6.30. The summed E-state index contributed by atoms with van der Waals surface area (Å²) in [6.45, 7) is 13.1. The van der Waals surface area contributed by atoms with Gasteiger partial charge in [0.25, 0.3) is 0 Å². The molecule has 1 aliphatic rings. The van der Waals surface area contributed by atoms with Gasteiger partial charge in [0.1, 0.15) is 5.75 Å². The van der Waals surface area contributed by atoms with E-state index in [4.69, 9.17) is 0 Å². The van der Waals surface area contributed by atoms with Gasteiger partial charge in [-0.3, -0.25) is 0 Å². The van der Waals surface area contributed by atoms with Crippen molar-refractivity contribution >= 4 is 11.4 Å². The van der Waals surface area contributed by atoms with E-state index in [9.17, 15) is 5.11 Å². The van der Waals surface area contributed by atoms with Crippen molar-refractivity contribution in [2.45, 2.75) is 58.3 Å². The normalized spacial score (nSPS) is 14.4. The summed E-state index contributed by atoms with van der Waals surface area (Å²) < 4.78 is 0. The number of phenols is 1. The van der Waals surface area contributed by atoms with Gasteiger partial charge in [0.2, 0.25) is 0 Å². The molecule has 0 saturated carbocycles. The van der Waals surface area contributed by atoms with E-state index in [1.165, 1.54) is 28.1 Å². The molecule has 30 heavy (non-hydrogen) atoms. The van der Waals surface area contributed by atoms with Crippen LogP contribution in [0.5, 0.6) is 5.75 Å². The third-order valence-electron chi connectivity index (χ3n) is 6.30. The molecule has 0 fully saturated rings. The summed E-state index contributed by atoms with van der Waals surface area (Å²) in [6, 6.07) is 21.8. The van der Waals surface area contributed by atoms with Crippen molar-refractivity contribution in [2.24, 2.45) is 0 Å². The molecule has 4 rings (SSSR count). The molecule has 1 aliphatic heterocycles. The van der Waals surface area contributed by atoms with Crippen LogP contribution in [0, 0.1) is 0 Å². The van der Waals surface area contributed by atoms with Crippen LogP contribution in [0.15, 0.2) is 60.7 Å². The maximum Gasteiger partial charge on any atom is 0.123 e. The lowest BCUT2D eigenvalue weighted by molar-refractivity contribution is 0.422. The van der Waals surface area contributed by atoms with Crippen molar-refractivity contribution in [1.82, 2.24) is 0 Å². The number of fused-ring (bicyclic) bond motifs is 2. The molecule has 1 heterocycles. The predicted molar refractivity (Wildman–Crippen MR) is 127 cm³/mol. The van der Waals surface area contributed by atoms with Crippen LogP contribution in [0.25, 0.3) is 0 Å². The van der Waals surface area contributed by atoms with Crippen LogP contribution in [0.3, 0.4) is 0 Å². The summed E-state index contributed by atoms with van der Waals surface area (Å²) in [4.78, 5) is 2.29. The third kappa shape index (κ3) is 3.29. The SMILES string of the molecule is CN1c2ccccc2C(c2cc(C(C)(C)C)c(O)c(C(C)(C)C)c2)c2ccccc21. The van der Waals surface area contributed by atoms with E-state index in [2.05, 4.69) is 114 Å². The average Bonchev–Trinajstić information content (AvgIpc) is 2.67. The van der Waals surface area contributed by atoms with Gasteiger partial charge in [-0.25, -0.2) is 0 Å². The molecule has 0 saturated heterocycles. The van der Waals surface area contributed by atoms with Crippen molar-refractivity contribution in [1.29, 1.82) is 0 Å². The molecule has 0 bridgehead atoms. The average molecular weight is 400 g/mol. The second kappa shape index (κ2) is 6.91. The molecule has 0 spiro atoms. The van der Waals surface area contributed by atoms with Gasteiger partial charge < -0.3 is 10.0 Å². The van der Waals surface area contributed by atoms with Gasteiger partial charge >= 0.3 is 0 Å². The minimum atomic E-state index is -0.148. The highest BCUT2D eigenvalue weighted by Gasteiger charge is 2.33. The Morgan fingerprint density at radius 1 is 0.700 bits per heavy atom. The summed E-state index contributed by atoms with van der Waals surface area (Å²) in [6.07, 6.45) is 0. The Kier molecular flexibility index (Phi) is 4.73. The highest BCUT2D eigenvalue weighted by atomic mass is 16.3. The molecule has 0 radical (unpaired) electrons. The van der Waals surface area contributed by atoms with Crippen LogP contribution in [0.1, 0.15) is 75.3 Å². The second-order valence-corrected chi connectivity index (χ2v) is 10.6. The molecule has 1 N–H and O–H groups in total. The molecule has 2 nitrogen and oxygen atoms in total. The Bertz CT molecular complexity index is 1020. The number of nitrogens with zero attached hydrogens (tertiary/aromatic N) is 1. The first kappa shape index (κ1) is 20.5. The molecule has 0 amide bonds. The molecule has 0 atom stereocenters. The lowest BCUT2D eigenvalue weighted by Gasteiger charge is -2.37. The highest BCUT2D eigenvalue weighted by Crippen LogP contribution is 2.50. The van der Waals surface area contributed by atoms with E-state index in [1.54, 1.807) is 0 Å². The molecular weight excluding hydrogens is 366 g/mol. The van der Waals surface area contributed by atoms with Crippen LogP contribution in [-0.2, 0) is 10.8 Å². The van der Waals surface area contributed by atoms with Crippen LogP contribution >= 0.6 is 0 Å². The minimum absolute atomic E-state index is 0.136. The Balaban J connectivity index is 2.05. The number of hydrogen-bond donors (Lipinski definition) is 1. The summed E-state index contributed by atoms with van der Waals surface area (Å²) in [5.74, 6) is 0.574. The van der Waals surface area contributed by atoms with E-state index in [-0.39, 0.29) is 16.7 Å². The summed E-state index contributed by atoms with van der Waals surface area (Å²) in [5.41, 5.74) is 8.07. The summed E-state index contributed by atoms with van der Waals surface area (Å²) in [5, 5.41) is 11.2. The minimum Gasteiger partial charge on any atom is -0.507 e. The van der Waals surface area contributed by atoms with E-state index in [1.807, 2.05) is 0 Å². The fourth-order valence-corrected chi connectivity index (χ4v) is 4.70. The van der Waals surface area contributed by atoms with Gasteiger partial charge in [-0.1, -0.05) is 90.1 Å². The van der Waals surface area contributed by atoms with Gasteiger partial charge in [0.15, 0.2) is 0 Å². The first-order valence-corrected chi connectivity index (χ1v) is 10.8. The lowest BCUT2D eigenvalue weighted by atomic mass is 9.74. The summed E-state index contributed by atoms with van der Waals surface area (Å²) in [7, 11) is 2.14. The number of anilines is 2. The zero-order valence-corrected chi connectivity index (χ0v) is 19.2. The van der Waals surface area contributed by atoms with E-state index in [0.29, 0.717) is 5.75 Å². The van der Waals surface area contributed by atoms with Gasteiger partial charge in [0.05, 0.1) is 0 Å². The van der Waals surface area contributed by atoms with Crippen molar-refractivity contribution < 1.29 is 5.11 Å². The van der Waals surface area contributed by atoms with Gasteiger partial charge in [-0.2, -0.15) is 0 Å². The lowest BCUT2D eigenvalue weighted by Crippen LogP contribution is -2.23. The Morgan fingerprint density at radius 3 is 1.50 bits per heavy atom. The second-order valence-electron chi connectivity index (χ2n) is 10.6. The van der Waals surface area contributed by atoms with Crippen molar-refractivity contribution in [3.05, 3.63) is 88.5 Å². The van der Waals surface area contributed by atoms with Crippen molar-refractivity contribution in [3.8, 4) is 5.75 Å². The number of rotatable bonds is 1. The van der Waals surface area contributed by atoms with Crippen molar-refractivity contribution in [3.63, 3.8) is 0 Å². The zero-order chi connectivity index (χ0) is 21.8. The van der Waals surface area contributed by atoms with Crippen LogP contribution in [0.2, 0.25) is 0 Å². The zero-order valence-electron chi connectivity index (χ0n) is 19.2. The number of hydrogen-bond acceptors (Lipinski definition) is 2. The molecule has 2 heteroatoms. The maximum atomic E-state index is 11.2. The van der Waals surface area contributed by atoms with E-state index < -0.39 is 0 Å². The Hall–Kier alpha value is -2.74. The Labute approximate surface area is 181 Å². The van der Waals surface area contributed by atoms with E-state index >= 15 is 0 Å². The first-order chi connectivity index (χ1) is 14.0. The molecule has 0 aromatic heterocycles. The number of phenolic OH excluding ortho intramolecular Hbond substituents is 1. The Morgan fingerprint density at radius 2 is 1.10 bits per heavy atom. The number of aromatic hydroxyl groups is 1. The highest BCUT2D eigenvalue weighted by molar-refractivity contribution is 5.77. The molecule has 0 unspecified atom stereocenters. The molecule has 0 aliphatic carbocycles. The van der Waals surface area contributed by atoms with Crippen LogP contribution < -0.4 is 4.90 Å². The summed E-state index contributed by atoms with van der Waals surface area (Å²) >= 11 is 0. The quantitative estimate of drug-likeness (QED) is 0.466. The van der Waals surface area contributed by atoms with Gasteiger partial charge in [-0.05, 0) is 50.8 Å². The fourth-order valence-electron chi connectivity index (χ4n) is 4.70. The maximum absolute atomic E-state index is 11.2. The molecule has 156 valence electrons. The standard InChI is InChI=1S/C28H33NO/c1-27(2,3)21-16-18(17-22(26(21)30)28(4,5)6)25-19-12-8-10-14-23(19)29(7)24-15-11-9-13-20(24)25/h8-17,25,30H,1-7H3. The first-order valence-electron chi connectivity index (χ1n) is 10.8.